The Labute approximate surface area is 156 Å². The van der Waals surface area contributed by atoms with Crippen molar-refractivity contribution in [2.45, 2.75) is 33.2 Å². The van der Waals surface area contributed by atoms with Crippen molar-refractivity contribution >= 4 is 28.8 Å². The Morgan fingerprint density at radius 1 is 1.42 bits per heavy atom. The van der Waals surface area contributed by atoms with E-state index in [1.807, 2.05) is 13.8 Å². The van der Waals surface area contributed by atoms with Crippen LogP contribution in [0.25, 0.3) is 0 Å². The number of carbonyl (C=O) groups excluding carboxylic acids is 2. The molecule has 138 valence electrons. The van der Waals surface area contributed by atoms with E-state index in [1.165, 1.54) is 22.7 Å². The molecule has 2 aliphatic heterocycles. The largest absolute Gasteiger partial charge is 0.462 e. The molecule has 0 aliphatic carbocycles. The topological polar surface area (TPSA) is 59.0 Å². The molecule has 7 heteroatoms. The Balaban J connectivity index is 2.10. The lowest BCUT2D eigenvalue weighted by Crippen LogP contribution is -2.46. The van der Waals surface area contributed by atoms with Crippen molar-refractivity contribution in [1.29, 1.82) is 0 Å². The summed E-state index contributed by atoms with van der Waals surface area (Å²) < 4.78 is 20.0. The lowest BCUT2D eigenvalue weighted by molar-refractivity contribution is -0.141. The highest BCUT2D eigenvalue weighted by atomic mass is 32.2. The second kappa shape index (κ2) is 7.61. The Morgan fingerprint density at radius 2 is 2.15 bits per heavy atom. The zero-order valence-corrected chi connectivity index (χ0v) is 15.8. The Kier molecular flexibility index (Phi) is 5.46. The van der Waals surface area contributed by atoms with Gasteiger partial charge in [0.2, 0.25) is 5.91 Å². The number of nitrogens with zero attached hydrogens (tertiary/aromatic N) is 2. The second-order valence-corrected chi connectivity index (χ2v) is 7.73. The fourth-order valence-electron chi connectivity index (χ4n) is 2.97. The highest BCUT2D eigenvalue weighted by Crippen LogP contribution is 2.41. The molecule has 0 aromatic heterocycles. The molecule has 1 amide bonds. The maximum absolute atomic E-state index is 14.6. The maximum atomic E-state index is 14.6. The molecule has 0 bridgehead atoms. The lowest BCUT2D eigenvalue weighted by atomic mass is 9.93. The quantitative estimate of drug-likeness (QED) is 0.752. The van der Waals surface area contributed by atoms with Crippen LogP contribution in [0.2, 0.25) is 0 Å². The monoisotopic (exact) mass is 376 g/mol. The van der Waals surface area contributed by atoms with Crippen LogP contribution in [0, 0.1) is 11.7 Å². The van der Waals surface area contributed by atoms with Crippen LogP contribution in [0.15, 0.2) is 40.5 Å². The van der Waals surface area contributed by atoms with Crippen LogP contribution < -0.4 is 0 Å². The number of hydrogen-bond acceptors (Lipinski definition) is 5. The zero-order valence-electron chi connectivity index (χ0n) is 15.0. The van der Waals surface area contributed by atoms with Crippen molar-refractivity contribution in [2.24, 2.45) is 10.9 Å². The molecule has 0 unspecified atom stereocenters. The van der Waals surface area contributed by atoms with E-state index in [9.17, 15) is 14.0 Å². The van der Waals surface area contributed by atoms with E-state index < -0.39 is 17.8 Å². The number of hydrogen-bond donors (Lipinski definition) is 0. The molecular formula is C19H21FN2O3S. The molecule has 1 saturated heterocycles. The van der Waals surface area contributed by atoms with Crippen molar-refractivity contribution in [3.63, 3.8) is 0 Å². The van der Waals surface area contributed by atoms with Crippen LogP contribution in [-0.2, 0) is 14.3 Å². The molecule has 1 fully saturated rings. The summed E-state index contributed by atoms with van der Waals surface area (Å²) in [6.07, 6.45) is 0.321. The number of halogens is 1. The van der Waals surface area contributed by atoms with Crippen molar-refractivity contribution in [3.05, 3.63) is 46.9 Å². The number of thioether (sulfide) groups is 1. The van der Waals surface area contributed by atoms with Crippen LogP contribution in [0.3, 0.4) is 0 Å². The van der Waals surface area contributed by atoms with E-state index in [4.69, 9.17) is 4.74 Å². The van der Waals surface area contributed by atoms with Crippen LogP contribution in [0.1, 0.15) is 38.8 Å². The van der Waals surface area contributed by atoms with Gasteiger partial charge in [-0.1, -0.05) is 43.8 Å². The summed E-state index contributed by atoms with van der Waals surface area (Å²) in [6.45, 7) is 5.82. The van der Waals surface area contributed by atoms with Gasteiger partial charge in [-0.15, -0.1) is 0 Å². The van der Waals surface area contributed by atoms with Gasteiger partial charge in [0.25, 0.3) is 0 Å². The minimum Gasteiger partial charge on any atom is -0.462 e. The van der Waals surface area contributed by atoms with Gasteiger partial charge in [-0.25, -0.2) is 14.2 Å². The average molecular weight is 376 g/mol. The lowest BCUT2D eigenvalue weighted by Gasteiger charge is -2.39. The van der Waals surface area contributed by atoms with E-state index in [0.29, 0.717) is 23.0 Å². The predicted octanol–water partition coefficient (Wildman–Crippen LogP) is 3.68. The fraction of sp³-hybridized carbons (Fsp3) is 0.421. The number of esters is 1. The first kappa shape index (κ1) is 18.6. The summed E-state index contributed by atoms with van der Waals surface area (Å²) in [7, 11) is 0. The summed E-state index contributed by atoms with van der Waals surface area (Å²) in [5.41, 5.74) is 0.947. The summed E-state index contributed by atoms with van der Waals surface area (Å²) in [5, 5.41) is 0.507. The van der Waals surface area contributed by atoms with Crippen LogP contribution in [-0.4, -0.2) is 34.3 Å². The molecule has 2 aliphatic rings. The number of allylic oxidation sites excluding steroid dienone is 1. The molecule has 0 radical (unpaired) electrons. The molecule has 0 saturated carbocycles. The number of benzene rings is 1. The number of carbonyl (C=O) groups is 2. The molecule has 1 aromatic rings. The van der Waals surface area contributed by atoms with E-state index in [0.717, 1.165) is 0 Å². The van der Waals surface area contributed by atoms with Crippen molar-refractivity contribution in [2.75, 3.05) is 12.4 Å². The Bertz CT molecular complexity index is 804. The first-order chi connectivity index (χ1) is 12.4. The Hall–Kier alpha value is -2.15. The number of aliphatic imine (C=N–C) groups is 1. The van der Waals surface area contributed by atoms with Gasteiger partial charge in [0, 0.05) is 17.7 Å². The molecule has 5 nitrogen and oxygen atoms in total. The van der Waals surface area contributed by atoms with Gasteiger partial charge in [-0.2, -0.15) is 0 Å². The molecular weight excluding hydrogens is 355 g/mol. The third-order valence-corrected chi connectivity index (χ3v) is 5.13. The van der Waals surface area contributed by atoms with E-state index in [-0.39, 0.29) is 29.6 Å². The Morgan fingerprint density at radius 3 is 2.85 bits per heavy atom. The second-order valence-electron chi connectivity index (χ2n) is 6.67. The van der Waals surface area contributed by atoms with E-state index >= 15 is 0 Å². The first-order valence-electron chi connectivity index (χ1n) is 8.56. The third kappa shape index (κ3) is 3.53. The molecule has 0 N–H and O–H groups in total. The van der Waals surface area contributed by atoms with Gasteiger partial charge >= 0.3 is 5.97 Å². The van der Waals surface area contributed by atoms with Crippen molar-refractivity contribution in [1.82, 2.24) is 4.90 Å². The maximum Gasteiger partial charge on any atom is 0.338 e. The third-order valence-electron chi connectivity index (χ3n) is 4.17. The highest BCUT2D eigenvalue weighted by molar-refractivity contribution is 8.14. The SMILES string of the molecule is CC1=C(C(=O)OCC(C)C)[C@@H](c2ccccc2F)N2C(=O)CCSC2=N1. The van der Waals surface area contributed by atoms with Crippen molar-refractivity contribution in [3.8, 4) is 0 Å². The van der Waals surface area contributed by atoms with Gasteiger partial charge in [0.1, 0.15) is 11.9 Å². The normalized spacial score (nSPS) is 20.2. The molecule has 2 heterocycles. The average Bonchev–Trinajstić information content (AvgIpc) is 2.59. The van der Waals surface area contributed by atoms with Crippen LogP contribution >= 0.6 is 11.8 Å². The molecule has 3 rings (SSSR count). The standard InChI is InChI=1S/C19H21FN2O3S/c1-11(2)10-25-18(24)16-12(3)21-19-22(15(23)8-9-26-19)17(16)13-6-4-5-7-14(13)20/h4-7,11,17H,8-10H2,1-3H3/t17-/m1/s1. The molecule has 26 heavy (non-hydrogen) atoms. The first-order valence-corrected chi connectivity index (χ1v) is 9.54. The van der Waals surface area contributed by atoms with Crippen molar-refractivity contribution < 1.29 is 18.7 Å². The summed E-state index contributed by atoms with van der Waals surface area (Å²) >= 11 is 1.44. The summed E-state index contributed by atoms with van der Waals surface area (Å²) in [4.78, 5) is 31.2. The molecule has 1 aromatic carbocycles. The number of fused-ring (bicyclic) bond motifs is 1. The number of ether oxygens (including phenoxy) is 1. The van der Waals surface area contributed by atoms with Crippen LogP contribution in [0.5, 0.6) is 0 Å². The molecule has 0 spiro atoms. The minimum atomic E-state index is -0.858. The number of rotatable bonds is 4. The zero-order chi connectivity index (χ0) is 18.8. The van der Waals surface area contributed by atoms with Crippen LogP contribution in [0.4, 0.5) is 4.39 Å². The smallest absolute Gasteiger partial charge is 0.338 e. The van der Waals surface area contributed by atoms with Gasteiger partial charge < -0.3 is 4.74 Å². The van der Waals surface area contributed by atoms with E-state index in [2.05, 4.69) is 4.99 Å². The summed E-state index contributed by atoms with van der Waals surface area (Å²) in [6, 6.07) is 5.34. The number of amidine groups is 1. The van der Waals surface area contributed by atoms with E-state index in [1.54, 1.807) is 25.1 Å². The fourth-order valence-corrected chi connectivity index (χ4v) is 3.98. The summed E-state index contributed by atoms with van der Waals surface area (Å²) in [5.74, 6) is -0.405. The van der Waals surface area contributed by atoms with Gasteiger partial charge in [0.15, 0.2) is 5.17 Å². The molecule has 1 atom stereocenters. The van der Waals surface area contributed by atoms with Gasteiger partial charge in [-0.3, -0.25) is 9.69 Å². The number of amides is 1. The predicted molar refractivity (Wildman–Crippen MR) is 99.0 cm³/mol. The van der Waals surface area contributed by atoms with Gasteiger partial charge in [-0.05, 0) is 18.9 Å². The highest BCUT2D eigenvalue weighted by Gasteiger charge is 2.42. The van der Waals surface area contributed by atoms with Gasteiger partial charge in [0.05, 0.1) is 17.9 Å². The minimum absolute atomic E-state index is 0.168.